The average molecular weight is 355 g/mol. The summed E-state index contributed by atoms with van der Waals surface area (Å²) in [5.74, 6) is -0.225. The SMILES string of the molecule is CCNc1ccncc1C(=O)Nc1ccc(Cl)cc1Br. The van der Waals surface area contributed by atoms with Gasteiger partial charge in [0.2, 0.25) is 0 Å². The van der Waals surface area contributed by atoms with E-state index in [1.54, 1.807) is 30.5 Å². The van der Waals surface area contributed by atoms with Crippen LogP contribution in [0.2, 0.25) is 5.02 Å². The molecule has 0 aliphatic heterocycles. The van der Waals surface area contributed by atoms with Crippen molar-refractivity contribution in [2.75, 3.05) is 17.2 Å². The van der Waals surface area contributed by atoms with Crippen molar-refractivity contribution < 1.29 is 4.79 Å². The zero-order valence-corrected chi connectivity index (χ0v) is 13.1. The highest BCUT2D eigenvalue weighted by Gasteiger charge is 2.12. The average Bonchev–Trinajstić information content (AvgIpc) is 2.43. The predicted molar refractivity (Wildman–Crippen MR) is 85.5 cm³/mol. The van der Waals surface area contributed by atoms with Gasteiger partial charge in [0, 0.05) is 28.4 Å². The highest BCUT2D eigenvalue weighted by molar-refractivity contribution is 9.10. The van der Waals surface area contributed by atoms with Crippen molar-refractivity contribution in [3.63, 3.8) is 0 Å². The van der Waals surface area contributed by atoms with Crippen molar-refractivity contribution in [3.05, 3.63) is 51.7 Å². The Bertz CT molecular complexity index is 634. The monoisotopic (exact) mass is 353 g/mol. The van der Waals surface area contributed by atoms with Crippen molar-refractivity contribution in [1.29, 1.82) is 0 Å². The molecule has 2 aromatic rings. The van der Waals surface area contributed by atoms with Gasteiger partial charge >= 0.3 is 0 Å². The van der Waals surface area contributed by atoms with E-state index in [1.165, 1.54) is 6.20 Å². The zero-order valence-electron chi connectivity index (χ0n) is 10.8. The largest absolute Gasteiger partial charge is 0.385 e. The Kier molecular flexibility index (Phi) is 4.98. The van der Waals surface area contributed by atoms with Crippen LogP contribution in [0.4, 0.5) is 11.4 Å². The number of nitrogens with zero attached hydrogens (tertiary/aromatic N) is 1. The molecule has 0 aliphatic rings. The topological polar surface area (TPSA) is 54.0 Å². The van der Waals surface area contributed by atoms with Crippen molar-refractivity contribution >= 4 is 44.8 Å². The Labute approximate surface area is 130 Å². The summed E-state index contributed by atoms with van der Waals surface area (Å²) < 4.78 is 0.729. The summed E-state index contributed by atoms with van der Waals surface area (Å²) >= 11 is 9.24. The van der Waals surface area contributed by atoms with E-state index in [1.807, 2.05) is 6.92 Å². The summed E-state index contributed by atoms with van der Waals surface area (Å²) in [7, 11) is 0. The number of rotatable bonds is 4. The second kappa shape index (κ2) is 6.72. The number of aromatic nitrogens is 1. The molecule has 2 rings (SSSR count). The van der Waals surface area contributed by atoms with E-state index < -0.39 is 0 Å². The predicted octanol–water partition coefficient (Wildman–Crippen LogP) is 4.18. The third-order valence-corrected chi connectivity index (χ3v) is 3.50. The van der Waals surface area contributed by atoms with Gasteiger partial charge in [0.25, 0.3) is 5.91 Å². The Morgan fingerprint density at radius 1 is 1.35 bits per heavy atom. The molecule has 2 N–H and O–H groups in total. The quantitative estimate of drug-likeness (QED) is 0.866. The Morgan fingerprint density at radius 3 is 2.85 bits per heavy atom. The van der Waals surface area contributed by atoms with Gasteiger partial charge in [0.15, 0.2) is 0 Å². The van der Waals surface area contributed by atoms with Gasteiger partial charge in [-0.25, -0.2) is 0 Å². The number of hydrogen-bond donors (Lipinski definition) is 2. The number of pyridine rings is 1. The van der Waals surface area contributed by atoms with Crippen LogP contribution in [0.1, 0.15) is 17.3 Å². The van der Waals surface area contributed by atoms with Gasteiger partial charge in [-0.05, 0) is 47.1 Å². The third kappa shape index (κ3) is 3.49. The molecule has 104 valence electrons. The molecular formula is C14H13BrClN3O. The highest BCUT2D eigenvalue weighted by Crippen LogP contribution is 2.26. The molecule has 6 heteroatoms. The van der Waals surface area contributed by atoms with E-state index in [9.17, 15) is 4.79 Å². The van der Waals surface area contributed by atoms with Crippen molar-refractivity contribution in [2.45, 2.75) is 6.92 Å². The maximum absolute atomic E-state index is 12.3. The molecule has 0 fully saturated rings. The van der Waals surface area contributed by atoms with Crippen LogP contribution < -0.4 is 10.6 Å². The van der Waals surface area contributed by atoms with Gasteiger partial charge in [-0.2, -0.15) is 0 Å². The maximum atomic E-state index is 12.3. The number of carbonyl (C=O) groups excluding carboxylic acids is 1. The second-order valence-corrected chi connectivity index (χ2v) is 5.32. The van der Waals surface area contributed by atoms with Crippen LogP contribution in [0.15, 0.2) is 41.1 Å². The Hall–Kier alpha value is -1.59. The third-order valence-electron chi connectivity index (χ3n) is 2.61. The van der Waals surface area contributed by atoms with Crippen molar-refractivity contribution in [2.24, 2.45) is 0 Å². The Balaban J connectivity index is 2.24. The molecule has 0 atom stereocenters. The first-order valence-electron chi connectivity index (χ1n) is 6.06. The zero-order chi connectivity index (χ0) is 14.5. The molecule has 0 saturated heterocycles. The summed E-state index contributed by atoms with van der Waals surface area (Å²) in [5.41, 5.74) is 1.91. The fourth-order valence-corrected chi connectivity index (χ4v) is 2.48. The first kappa shape index (κ1) is 14.8. The van der Waals surface area contributed by atoms with E-state index in [4.69, 9.17) is 11.6 Å². The number of nitrogens with one attached hydrogen (secondary N) is 2. The van der Waals surface area contributed by atoms with Crippen molar-refractivity contribution in [1.82, 2.24) is 4.98 Å². The normalized spacial score (nSPS) is 10.2. The summed E-state index contributed by atoms with van der Waals surface area (Å²) in [6.07, 6.45) is 3.18. The number of benzene rings is 1. The summed E-state index contributed by atoms with van der Waals surface area (Å²) in [5, 5.41) is 6.56. The van der Waals surface area contributed by atoms with E-state index in [0.29, 0.717) is 16.3 Å². The molecule has 0 saturated carbocycles. The first-order valence-corrected chi connectivity index (χ1v) is 7.23. The van der Waals surface area contributed by atoms with E-state index in [-0.39, 0.29) is 5.91 Å². The summed E-state index contributed by atoms with van der Waals surface area (Å²) in [6, 6.07) is 6.96. The fraction of sp³-hybridized carbons (Fsp3) is 0.143. The molecule has 1 aromatic carbocycles. The molecule has 0 spiro atoms. The molecule has 1 aromatic heterocycles. The maximum Gasteiger partial charge on any atom is 0.259 e. The lowest BCUT2D eigenvalue weighted by molar-refractivity contribution is 0.102. The number of anilines is 2. The van der Waals surface area contributed by atoms with E-state index in [2.05, 4.69) is 31.5 Å². The fourth-order valence-electron chi connectivity index (χ4n) is 1.70. The minimum atomic E-state index is -0.225. The highest BCUT2D eigenvalue weighted by atomic mass is 79.9. The van der Waals surface area contributed by atoms with Gasteiger partial charge in [-0.3, -0.25) is 9.78 Å². The lowest BCUT2D eigenvalue weighted by Crippen LogP contribution is -2.15. The number of amides is 1. The second-order valence-electron chi connectivity index (χ2n) is 4.03. The smallest absolute Gasteiger partial charge is 0.259 e. The lowest BCUT2D eigenvalue weighted by atomic mass is 10.2. The molecule has 0 bridgehead atoms. The molecule has 0 unspecified atom stereocenters. The van der Waals surface area contributed by atoms with Gasteiger partial charge in [-0.15, -0.1) is 0 Å². The molecule has 0 aliphatic carbocycles. The summed E-state index contributed by atoms with van der Waals surface area (Å²) in [6.45, 7) is 2.70. The minimum absolute atomic E-state index is 0.225. The molecule has 0 radical (unpaired) electrons. The number of hydrogen-bond acceptors (Lipinski definition) is 3. The van der Waals surface area contributed by atoms with Crippen LogP contribution in [0, 0.1) is 0 Å². The number of halogens is 2. The van der Waals surface area contributed by atoms with Crippen LogP contribution in [0.25, 0.3) is 0 Å². The van der Waals surface area contributed by atoms with Crippen LogP contribution >= 0.6 is 27.5 Å². The van der Waals surface area contributed by atoms with Gasteiger partial charge in [-0.1, -0.05) is 11.6 Å². The van der Waals surface area contributed by atoms with Gasteiger partial charge in [0.1, 0.15) is 0 Å². The molecule has 1 amide bonds. The molecule has 4 nitrogen and oxygen atoms in total. The molecule has 20 heavy (non-hydrogen) atoms. The summed E-state index contributed by atoms with van der Waals surface area (Å²) in [4.78, 5) is 16.3. The van der Waals surface area contributed by atoms with E-state index >= 15 is 0 Å². The van der Waals surface area contributed by atoms with Gasteiger partial charge in [0.05, 0.1) is 16.9 Å². The number of carbonyl (C=O) groups is 1. The molecule has 1 heterocycles. The standard InChI is InChI=1S/C14H13BrClN3O/c1-2-18-12-5-6-17-8-10(12)14(20)19-13-4-3-9(16)7-11(13)15/h3-8H,2H2,1H3,(H,17,18)(H,19,20). The van der Waals surface area contributed by atoms with Crippen LogP contribution in [0.3, 0.4) is 0 Å². The first-order chi connectivity index (χ1) is 9.61. The van der Waals surface area contributed by atoms with E-state index in [0.717, 1.165) is 16.7 Å². The van der Waals surface area contributed by atoms with Crippen LogP contribution in [-0.2, 0) is 0 Å². The van der Waals surface area contributed by atoms with Crippen LogP contribution in [0.5, 0.6) is 0 Å². The van der Waals surface area contributed by atoms with Crippen LogP contribution in [-0.4, -0.2) is 17.4 Å². The van der Waals surface area contributed by atoms with Gasteiger partial charge < -0.3 is 10.6 Å². The lowest BCUT2D eigenvalue weighted by Gasteiger charge is -2.11. The van der Waals surface area contributed by atoms with Crippen molar-refractivity contribution in [3.8, 4) is 0 Å². The minimum Gasteiger partial charge on any atom is -0.385 e. The molecular weight excluding hydrogens is 342 g/mol. The Morgan fingerprint density at radius 2 is 2.15 bits per heavy atom.